The maximum atomic E-state index is 13.4. The Balaban J connectivity index is 1.22. The number of carbonyl (C=O) groups is 1. The molecule has 1 aromatic heterocycles. The van der Waals surface area contributed by atoms with Gasteiger partial charge in [-0.1, -0.05) is 11.6 Å². The second kappa shape index (κ2) is 8.12. The lowest BCUT2D eigenvalue weighted by Crippen LogP contribution is -2.39. The van der Waals surface area contributed by atoms with Crippen LogP contribution in [0.1, 0.15) is 47.7 Å². The highest BCUT2D eigenvalue weighted by atomic mass is 35.5. The molecule has 2 saturated heterocycles. The summed E-state index contributed by atoms with van der Waals surface area (Å²) < 4.78 is 19.5. The van der Waals surface area contributed by atoms with E-state index in [2.05, 4.69) is 14.9 Å². The number of halogens is 2. The molecule has 0 unspecified atom stereocenters. The summed E-state index contributed by atoms with van der Waals surface area (Å²) in [5.74, 6) is 0.523. The Morgan fingerprint density at radius 1 is 1.17 bits per heavy atom. The van der Waals surface area contributed by atoms with Gasteiger partial charge in [0.2, 0.25) is 5.88 Å². The van der Waals surface area contributed by atoms with Crippen LogP contribution in [-0.4, -0.2) is 64.0 Å². The average molecular weight is 431 g/mol. The van der Waals surface area contributed by atoms with Crippen LogP contribution in [0.5, 0.6) is 5.88 Å². The lowest BCUT2D eigenvalue weighted by atomic mass is 10.1. The molecular formula is C22H24ClFN4O2. The number of rotatable bonds is 4. The molecule has 5 rings (SSSR count). The second-order valence-corrected chi connectivity index (χ2v) is 8.82. The third-order valence-corrected chi connectivity index (χ3v) is 6.47. The summed E-state index contributed by atoms with van der Waals surface area (Å²) in [6, 6.07) is 4.38. The first-order valence-electron chi connectivity index (χ1n) is 10.5. The SMILES string of the molecule is O=C(c1ccc(F)c(Cl)c1)N1CCCN2C[C@@H](Oc3cnc(C4CC4)cn3)C[C@@H]2C1. The Bertz CT molecular complexity index is 937. The van der Waals surface area contributed by atoms with Gasteiger partial charge in [-0.05, 0) is 37.5 Å². The van der Waals surface area contributed by atoms with Gasteiger partial charge in [-0.25, -0.2) is 9.37 Å². The molecule has 30 heavy (non-hydrogen) atoms. The van der Waals surface area contributed by atoms with Crippen LogP contribution in [0.25, 0.3) is 0 Å². The van der Waals surface area contributed by atoms with Crippen LogP contribution >= 0.6 is 11.6 Å². The van der Waals surface area contributed by atoms with Gasteiger partial charge < -0.3 is 9.64 Å². The van der Waals surface area contributed by atoms with Gasteiger partial charge in [-0.15, -0.1) is 0 Å². The van der Waals surface area contributed by atoms with Crippen molar-refractivity contribution in [2.45, 2.75) is 43.7 Å². The number of hydrogen-bond acceptors (Lipinski definition) is 5. The molecule has 2 aliphatic heterocycles. The molecule has 1 amide bonds. The number of nitrogens with zero attached hydrogens (tertiary/aromatic N) is 4. The maximum Gasteiger partial charge on any atom is 0.253 e. The van der Waals surface area contributed by atoms with E-state index in [1.807, 2.05) is 11.1 Å². The van der Waals surface area contributed by atoms with Crippen LogP contribution < -0.4 is 4.74 Å². The highest BCUT2D eigenvalue weighted by Crippen LogP contribution is 2.38. The summed E-state index contributed by atoms with van der Waals surface area (Å²) in [6.07, 6.45) is 7.71. The van der Waals surface area contributed by atoms with Gasteiger partial charge >= 0.3 is 0 Å². The van der Waals surface area contributed by atoms with Crippen molar-refractivity contribution in [3.8, 4) is 5.88 Å². The van der Waals surface area contributed by atoms with Gasteiger partial charge in [0.15, 0.2) is 0 Å². The van der Waals surface area contributed by atoms with E-state index in [4.69, 9.17) is 16.3 Å². The molecule has 8 heteroatoms. The normalized spacial score (nSPS) is 24.4. The van der Waals surface area contributed by atoms with E-state index in [-0.39, 0.29) is 23.1 Å². The predicted octanol–water partition coefficient (Wildman–Crippen LogP) is 3.51. The van der Waals surface area contributed by atoms with Gasteiger partial charge in [0.25, 0.3) is 5.91 Å². The van der Waals surface area contributed by atoms with Crippen LogP contribution in [0.3, 0.4) is 0 Å². The Morgan fingerprint density at radius 3 is 2.77 bits per heavy atom. The van der Waals surface area contributed by atoms with Gasteiger partial charge in [-0.2, -0.15) is 0 Å². The van der Waals surface area contributed by atoms with Crippen molar-refractivity contribution in [3.05, 3.63) is 52.7 Å². The zero-order valence-corrected chi connectivity index (χ0v) is 17.4. The summed E-state index contributed by atoms with van der Waals surface area (Å²) in [4.78, 5) is 26.1. The molecular weight excluding hydrogens is 407 g/mol. The number of hydrogen-bond donors (Lipinski definition) is 0. The molecule has 2 aromatic rings. The van der Waals surface area contributed by atoms with E-state index < -0.39 is 5.82 Å². The summed E-state index contributed by atoms with van der Waals surface area (Å²) in [5.41, 5.74) is 1.48. The first-order valence-corrected chi connectivity index (χ1v) is 10.9. The molecule has 6 nitrogen and oxygen atoms in total. The first-order chi connectivity index (χ1) is 14.6. The molecule has 2 atom stereocenters. The van der Waals surface area contributed by atoms with E-state index in [1.54, 1.807) is 6.20 Å². The fourth-order valence-electron chi connectivity index (χ4n) is 4.44. The predicted molar refractivity (Wildman–Crippen MR) is 110 cm³/mol. The largest absolute Gasteiger partial charge is 0.472 e. The minimum atomic E-state index is -0.515. The Labute approximate surface area is 180 Å². The molecule has 1 aliphatic carbocycles. The third-order valence-electron chi connectivity index (χ3n) is 6.18. The monoisotopic (exact) mass is 430 g/mol. The smallest absolute Gasteiger partial charge is 0.253 e. The Hall–Kier alpha value is -2.25. The Morgan fingerprint density at radius 2 is 2.03 bits per heavy atom. The molecule has 0 bridgehead atoms. The average Bonchev–Trinajstić information content (AvgIpc) is 3.55. The van der Waals surface area contributed by atoms with Crippen molar-refractivity contribution in [1.82, 2.24) is 19.8 Å². The minimum absolute atomic E-state index is 0.0274. The molecule has 158 valence electrons. The molecule has 1 saturated carbocycles. The summed E-state index contributed by atoms with van der Waals surface area (Å²) in [7, 11) is 0. The number of fused-ring (bicyclic) bond motifs is 1. The second-order valence-electron chi connectivity index (χ2n) is 8.41. The quantitative estimate of drug-likeness (QED) is 0.742. The molecule has 3 aliphatic rings. The molecule has 1 aromatic carbocycles. The zero-order chi connectivity index (χ0) is 20.7. The summed E-state index contributed by atoms with van der Waals surface area (Å²) in [6.45, 7) is 3.05. The topological polar surface area (TPSA) is 58.6 Å². The van der Waals surface area contributed by atoms with Crippen molar-refractivity contribution in [2.24, 2.45) is 0 Å². The standard InChI is InChI=1S/C22H24ClFN4O2/c23-18-8-15(4-5-19(18)24)22(29)28-7-1-6-27-13-17(9-16(27)12-28)30-21-11-25-20(10-26-21)14-2-3-14/h4-5,8,10-11,14,16-17H,1-3,6-7,9,12-13H2/t16-,17+/m1/s1. The number of ether oxygens (including phenoxy) is 1. The van der Waals surface area contributed by atoms with Crippen molar-refractivity contribution in [2.75, 3.05) is 26.2 Å². The first kappa shape index (κ1) is 19.7. The van der Waals surface area contributed by atoms with E-state index in [9.17, 15) is 9.18 Å². The number of carbonyl (C=O) groups excluding carboxylic acids is 1. The third kappa shape index (κ3) is 4.14. The number of amides is 1. The number of aromatic nitrogens is 2. The fourth-order valence-corrected chi connectivity index (χ4v) is 4.62. The van der Waals surface area contributed by atoms with Crippen LogP contribution in [0.2, 0.25) is 5.02 Å². The lowest BCUT2D eigenvalue weighted by Gasteiger charge is -2.25. The molecule has 0 spiro atoms. The fraction of sp³-hybridized carbons (Fsp3) is 0.500. The highest BCUT2D eigenvalue weighted by Gasteiger charge is 2.37. The van der Waals surface area contributed by atoms with Gasteiger partial charge in [0.05, 0.1) is 23.1 Å². The van der Waals surface area contributed by atoms with Crippen LogP contribution in [0.15, 0.2) is 30.6 Å². The Kier molecular flexibility index (Phi) is 5.33. The van der Waals surface area contributed by atoms with Gasteiger partial charge in [0, 0.05) is 50.1 Å². The van der Waals surface area contributed by atoms with Crippen LogP contribution in [0, 0.1) is 5.82 Å². The van der Waals surface area contributed by atoms with Crippen LogP contribution in [-0.2, 0) is 0 Å². The van der Waals surface area contributed by atoms with E-state index in [1.165, 1.54) is 31.0 Å². The van der Waals surface area contributed by atoms with E-state index in [0.717, 1.165) is 31.6 Å². The number of benzene rings is 1. The molecule has 0 N–H and O–H groups in total. The molecule has 3 fully saturated rings. The van der Waals surface area contributed by atoms with Crippen molar-refractivity contribution in [3.63, 3.8) is 0 Å². The lowest BCUT2D eigenvalue weighted by molar-refractivity contribution is 0.0742. The van der Waals surface area contributed by atoms with E-state index >= 15 is 0 Å². The van der Waals surface area contributed by atoms with E-state index in [0.29, 0.717) is 30.5 Å². The summed E-state index contributed by atoms with van der Waals surface area (Å²) >= 11 is 5.86. The molecule has 3 heterocycles. The zero-order valence-electron chi connectivity index (χ0n) is 16.6. The van der Waals surface area contributed by atoms with Crippen LogP contribution in [0.4, 0.5) is 4.39 Å². The molecule has 0 radical (unpaired) electrons. The summed E-state index contributed by atoms with van der Waals surface area (Å²) in [5, 5.41) is -0.0274. The van der Waals surface area contributed by atoms with Gasteiger partial charge in [-0.3, -0.25) is 14.7 Å². The van der Waals surface area contributed by atoms with Crippen molar-refractivity contribution in [1.29, 1.82) is 0 Å². The van der Waals surface area contributed by atoms with Crippen molar-refractivity contribution < 1.29 is 13.9 Å². The highest BCUT2D eigenvalue weighted by molar-refractivity contribution is 6.31. The minimum Gasteiger partial charge on any atom is -0.472 e. The van der Waals surface area contributed by atoms with Crippen molar-refractivity contribution >= 4 is 17.5 Å². The maximum absolute atomic E-state index is 13.4. The van der Waals surface area contributed by atoms with Gasteiger partial charge in [0.1, 0.15) is 11.9 Å².